The lowest BCUT2D eigenvalue weighted by Crippen LogP contribution is -2.54. The van der Waals surface area contributed by atoms with E-state index in [0.29, 0.717) is 47.9 Å². The Labute approximate surface area is 183 Å². The number of nitrogens with one attached hydrogen (secondary N) is 1. The number of benzene rings is 2. The Balaban J connectivity index is 1.37. The number of rotatable bonds is 7. The van der Waals surface area contributed by atoms with E-state index in [1.54, 1.807) is 31.2 Å². The molecule has 1 saturated heterocycles. The van der Waals surface area contributed by atoms with Gasteiger partial charge in [0.15, 0.2) is 11.6 Å². The van der Waals surface area contributed by atoms with Crippen LogP contribution in [-0.4, -0.2) is 40.1 Å². The minimum atomic E-state index is -0.492. The average molecular weight is 443 g/mol. The number of anilines is 2. The van der Waals surface area contributed by atoms with E-state index >= 15 is 0 Å². The van der Waals surface area contributed by atoms with Crippen LogP contribution < -0.4 is 20.7 Å². The van der Waals surface area contributed by atoms with Crippen molar-refractivity contribution in [3.8, 4) is 5.75 Å². The molecule has 0 saturated carbocycles. The summed E-state index contributed by atoms with van der Waals surface area (Å²) in [5.74, 6) is 0.687. The number of aryl methyl sites for hydroxylation is 1. The van der Waals surface area contributed by atoms with Crippen molar-refractivity contribution >= 4 is 29.4 Å². The maximum absolute atomic E-state index is 13.9. The third kappa shape index (κ3) is 5.00. The van der Waals surface area contributed by atoms with Crippen LogP contribution >= 0.6 is 11.6 Å². The molecule has 0 unspecified atom stereocenters. The number of nitrogens with two attached hydrogens (primary N) is 1. The molecule has 0 spiro atoms. The van der Waals surface area contributed by atoms with E-state index in [4.69, 9.17) is 22.1 Å². The molecule has 1 aromatic heterocycles. The van der Waals surface area contributed by atoms with E-state index in [1.807, 2.05) is 11.0 Å². The molecular weight excluding hydrogens is 423 g/mol. The highest BCUT2D eigenvalue weighted by molar-refractivity contribution is 6.30. The van der Waals surface area contributed by atoms with Crippen LogP contribution in [-0.2, 0) is 6.54 Å². The van der Waals surface area contributed by atoms with E-state index < -0.39 is 11.7 Å². The third-order valence-corrected chi connectivity index (χ3v) is 4.95. The zero-order valence-corrected chi connectivity index (χ0v) is 17.4. The SMILES string of the molecule is Cc1nc(NCc2cccc(C(N)=O)c2)nc(N2CC(Oc3ccc(Cl)cc3F)C2)n1. The number of amides is 1. The van der Waals surface area contributed by atoms with Crippen LogP contribution in [0.1, 0.15) is 21.7 Å². The van der Waals surface area contributed by atoms with Gasteiger partial charge in [0.2, 0.25) is 17.8 Å². The number of primary amides is 1. The fourth-order valence-corrected chi connectivity index (χ4v) is 3.29. The maximum Gasteiger partial charge on any atom is 0.248 e. The van der Waals surface area contributed by atoms with E-state index in [9.17, 15) is 9.18 Å². The second-order valence-corrected chi connectivity index (χ2v) is 7.58. The first-order chi connectivity index (χ1) is 14.9. The lowest BCUT2D eigenvalue weighted by atomic mass is 10.1. The molecule has 0 bridgehead atoms. The van der Waals surface area contributed by atoms with Crippen LogP contribution in [0.2, 0.25) is 5.02 Å². The maximum atomic E-state index is 13.9. The van der Waals surface area contributed by atoms with Crippen molar-refractivity contribution in [3.63, 3.8) is 0 Å². The summed E-state index contributed by atoms with van der Waals surface area (Å²) < 4.78 is 19.6. The van der Waals surface area contributed by atoms with Gasteiger partial charge in [-0.15, -0.1) is 0 Å². The summed E-state index contributed by atoms with van der Waals surface area (Å²) in [6, 6.07) is 11.4. The van der Waals surface area contributed by atoms with Crippen molar-refractivity contribution < 1.29 is 13.9 Å². The van der Waals surface area contributed by atoms with Crippen LogP contribution in [0.5, 0.6) is 5.75 Å². The van der Waals surface area contributed by atoms with Gasteiger partial charge in [-0.05, 0) is 42.8 Å². The van der Waals surface area contributed by atoms with E-state index in [-0.39, 0.29) is 11.9 Å². The smallest absolute Gasteiger partial charge is 0.248 e. The van der Waals surface area contributed by atoms with E-state index in [0.717, 1.165) is 5.56 Å². The first-order valence-electron chi connectivity index (χ1n) is 9.59. The van der Waals surface area contributed by atoms with Crippen molar-refractivity contribution in [2.45, 2.75) is 19.6 Å². The van der Waals surface area contributed by atoms with Crippen molar-refractivity contribution in [3.05, 3.63) is 70.3 Å². The normalized spacial score (nSPS) is 13.6. The molecule has 1 aliphatic rings. The van der Waals surface area contributed by atoms with Gasteiger partial charge in [-0.3, -0.25) is 4.79 Å². The molecular formula is C21H20ClFN6O2. The van der Waals surface area contributed by atoms with Crippen LogP contribution in [0.4, 0.5) is 16.3 Å². The van der Waals surface area contributed by atoms with Crippen molar-refractivity contribution in [1.82, 2.24) is 15.0 Å². The van der Waals surface area contributed by atoms with Crippen LogP contribution in [0.15, 0.2) is 42.5 Å². The highest BCUT2D eigenvalue weighted by atomic mass is 35.5. The molecule has 3 aromatic rings. The molecule has 4 rings (SSSR count). The standard InChI is InChI=1S/C21H20ClFN6O2/c1-12-26-20(25-9-13-3-2-4-14(7-13)19(24)30)28-21(27-12)29-10-16(11-29)31-18-6-5-15(22)8-17(18)23/h2-8,16H,9-11H2,1H3,(H2,24,30)(H,25,26,27,28). The molecule has 31 heavy (non-hydrogen) atoms. The number of halogens is 2. The predicted molar refractivity (Wildman–Crippen MR) is 115 cm³/mol. The van der Waals surface area contributed by atoms with Crippen molar-refractivity contribution in [2.24, 2.45) is 5.73 Å². The van der Waals surface area contributed by atoms with Gasteiger partial charge in [-0.2, -0.15) is 15.0 Å². The monoisotopic (exact) mass is 442 g/mol. The summed E-state index contributed by atoms with van der Waals surface area (Å²) in [5.41, 5.74) is 6.64. The number of ether oxygens (including phenoxy) is 1. The molecule has 2 aromatic carbocycles. The molecule has 1 aliphatic heterocycles. The molecule has 8 nitrogen and oxygen atoms in total. The largest absolute Gasteiger partial charge is 0.484 e. The molecule has 3 N–H and O–H groups in total. The fourth-order valence-electron chi connectivity index (χ4n) is 3.13. The summed E-state index contributed by atoms with van der Waals surface area (Å²) in [6.07, 6.45) is -0.180. The van der Waals surface area contributed by atoms with Crippen molar-refractivity contribution in [1.29, 1.82) is 0 Å². The van der Waals surface area contributed by atoms with Crippen molar-refractivity contribution in [2.75, 3.05) is 23.3 Å². The Morgan fingerprint density at radius 1 is 1.26 bits per heavy atom. The van der Waals surface area contributed by atoms with Gasteiger partial charge in [0.25, 0.3) is 0 Å². The zero-order chi connectivity index (χ0) is 22.0. The summed E-state index contributed by atoms with van der Waals surface area (Å²) in [7, 11) is 0. The van der Waals surface area contributed by atoms with Gasteiger partial charge < -0.3 is 20.7 Å². The number of carbonyl (C=O) groups excluding carboxylic acids is 1. The average Bonchev–Trinajstić information content (AvgIpc) is 2.70. The summed E-state index contributed by atoms with van der Waals surface area (Å²) in [5, 5.41) is 3.46. The molecule has 0 radical (unpaired) electrons. The van der Waals surface area contributed by atoms with Crippen LogP contribution in [0.3, 0.4) is 0 Å². The Hall–Kier alpha value is -3.46. The van der Waals surface area contributed by atoms with Gasteiger partial charge in [-0.25, -0.2) is 4.39 Å². The highest BCUT2D eigenvalue weighted by Crippen LogP contribution is 2.26. The molecule has 0 aliphatic carbocycles. The first-order valence-corrected chi connectivity index (χ1v) is 9.97. The number of carbonyl (C=O) groups is 1. The lowest BCUT2D eigenvalue weighted by molar-refractivity contribution is 0.1000. The van der Waals surface area contributed by atoms with Crippen LogP contribution in [0.25, 0.3) is 0 Å². The summed E-state index contributed by atoms with van der Waals surface area (Å²) in [6.45, 7) is 3.24. The van der Waals surface area contributed by atoms with Gasteiger partial charge in [0.05, 0.1) is 13.1 Å². The zero-order valence-electron chi connectivity index (χ0n) is 16.7. The second kappa shape index (κ2) is 8.73. The fraction of sp³-hybridized carbons (Fsp3) is 0.238. The first kappa shape index (κ1) is 20.8. The Kier molecular flexibility index (Phi) is 5.85. The summed E-state index contributed by atoms with van der Waals surface area (Å²) >= 11 is 5.77. The minimum Gasteiger partial charge on any atom is -0.484 e. The number of aromatic nitrogens is 3. The Bertz CT molecular complexity index is 1120. The molecule has 1 fully saturated rings. The number of hydrogen-bond donors (Lipinski definition) is 2. The molecule has 1 amide bonds. The number of hydrogen-bond acceptors (Lipinski definition) is 7. The predicted octanol–water partition coefficient (Wildman–Crippen LogP) is 2.95. The quantitative estimate of drug-likeness (QED) is 0.579. The second-order valence-electron chi connectivity index (χ2n) is 7.14. The van der Waals surface area contributed by atoms with Crippen LogP contribution in [0, 0.1) is 12.7 Å². The third-order valence-electron chi connectivity index (χ3n) is 4.72. The highest BCUT2D eigenvalue weighted by Gasteiger charge is 2.31. The Morgan fingerprint density at radius 2 is 2.06 bits per heavy atom. The Morgan fingerprint density at radius 3 is 2.81 bits per heavy atom. The van der Waals surface area contributed by atoms with Gasteiger partial charge >= 0.3 is 0 Å². The molecule has 2 heterocycles. The topological polar surface area (TPSA) is 106 Å². The van der Waals surface area contributed by atoms with Gasteiger partial charge in [-0.1, -0.05) is 23.7 Å². The molecule has 160 valence electrons. The molecule has 10 heteroatoms. The van der Waals surface area contributed by atoms with Gasteiger partial charge in [0, 0.05) is 17.1 Å². The lowest BCUT2D eigenvalue weighted by Gasteiger charge is -2.39. The van der Waals surface area contributed by atoms with E-state index in [2.05, 4.69) is 20.3 Å². The summed E-state index contributed by atoms with van der Waals surface area (Å²) in [4.78, 5) is 26.4. The van der Waals surface area contributed by atoms with E-state index in [1.165, 1.54) is 12.1 Å². The molecule has 0 atom stereocenters. The minimum absolute atomic E-state index is 0.168. The number of nitrogens with zero attached hydrogens (tertiary/aromatic N) is 4. The van der Waals surface area contributed by atoms with Gasteiger partial charge in [0.1, 0.15) is 11.9 Å².